The predicted molar refractivity (Wildman–Crippen MR) is 131 cm³/mol. The van der Waals surface area contributed by atoms with Crippen LogP contribution < -0.4 is 10.6 Å². The van der Waals surface area contributed by atoms with E-state index < -0.39 is 11.7 Å². The lowest BCUT2D eigenvalue weighted by molar-refractivity contribution is -0.137. The second-order valence-corrected chi connectivity index (χ2v) is 8.77. The molecular weight excluding hydrogens is 469 g/mol. The summed E-state index contributed by atoms with van der Waals surface area (Å²) in [6.45, 7) is 4.06. The Balaban J connectivity index is 1.67. The fourth-order valence-electron chi connectivity index (χ4n) is 3.75. The van der Waals surface area contributed by atoms with E-state index in [0.717, 1.165) is 23.1 Å². The summed E-state index contributed by atoms with van der Waals surface area (Å²) >= 11 is 0. The lowest BCUT2D eigenvalue weighted by atomic mass is 10.1. The van der Waals surface area contributed by atoms with E-state index in [9.17, 15) is 22.8 Å². The topological polar surface area (TPSA) is 76.0 Å². The molecule has 186 valence electrons. The fraction of sp³-hybridized carbons (Fsp3) is 0.222. The van der Waals surface area contributed by atoms with Gasteiger partial charge in [-0.15, -0.1) is 0 Å². The number of anilines is 1. The summed E-state index contributed by atoms with van der Waals surface area (Å²) in [6, 6.07) is 15.5. The van der Waals surface area contributed by atoms with E-state index in [2.05, 4.69) is 15.6 Å². The molecule has 0 fully saturated rings. The molecule has 2 aromatic heterocycles. The second-order valence-electron chi connectivity index (χ2n) is 8.77. The molecule has 9 heteroatoms. The molecule has 0 saturated carbocycles. The molecule has 2 amide bonds. The zero-order valence-electron chi connectivity index (χ0n) is 19.8. The summed E-state index contributed by atoms with van der Waals surface area (Å²) in [4.78, 5) is 29.3. The molecule has 2 aromatic carbocycles. The molecule has 0 aliphatic carbocycles. The lowest BCUT2D eigenvalue weighted by Crippen LogP contribution is -2.25. The Morgan fingerprint density at radius 2 is 1.64 bits per heavy atom. The fourth-order valence-corrected chi connectivity index (χ4v) is 3.75. The van der Waals surface area contributed by atoms with Crippen molar-refractivity contribution in [3.8, 4) is 0 Å². The molecule has 0 atom stereocenters. The number of nitrogens with one attached hydrogen (secondary N) is 2. The number of amides is 2. The van der Waals surface area contributed by atoms with Crippen molar-refractivity contribution < 1.29 is 22.8 Å². The van der Waals surface area contributed by atoms with Gasteiger partial charge < -0.3 is 15.2 Å². The van der Waals surface area contributed by atoms with Crippen LogP contribution in [0.1, 0.15) is 41.0 Å². The number of halogens is 3. The van der Waals surface area contributed by atoms with Gasteiger partial charge in [0, 0.05) is 48.0 Å². The van der Waals surface area contributed by atoms with Crippen LogP contribution in [0.25, 0.3) is 10.9 Å². The van der Waals surface area contributed by atoms with Crippen LogP contribution in [-0.4, -0.2) is 21.4 Å². The third-order valence-corrected chi connectivity index (χ3v) is 5.75. The van der Waals surface area contributed by atoms with Crippen molar-refractivity contribution in [3.05, 3.63) is 95.4 Å². The first-order valence-corrected chi connectivity index (χ1v) is 11.4. The first-order valence-electron chi connectivity index (χ1n) is 11.4. The Kier molecular flexibility index (Phi) is 7.10. The Hall–Kier alpha value is -4.14. The second kappa shape index (κ2) is 10.2. The maximum absolute atomic E-state index is 13.2. The Morgan fingerprint density at radius 3 is 2.28 bits per heavy atom. The smallest absolute Gasteiger partial charge is 0.347 e. The molecule has 0 aliphatic heterocycles. The average molecular weight is 495 g/mol. The summed E-state index contributed by atoms with van der Waals surface area (Å²) in [6.07, 6.45) is -1.15. The minimum Gasteiger partial charge on any atom is -0.347 e. The molecule has 4 aromatic rings. The van der Waals surface area contributed by atoms with Crippen molar-refractivity contribution in [2.45, 2.75) is 33.1 Å². The molecule has 0 spiro atoms. The molecule has 0 bridgehead atoms. The molecular formula is C27H25F3N4O2. The maximum Gasteiger partial charge on any atom is 0.416 e. The van der Waals surface area contributed by atoms with E-state index in [4.69, 9.17) is 0 Å². The van der Waals surface area contributed by atoms with Crippen LogP contribution >= 0.6 is 0 Å². The van der Waals surface area contributed by atoms with Crippen molar-refractivity contribution in [2.75, 3.05) is 5.32 Å². The van der Waals surface area contributed by atoms with Crippen LogP contribution in [0.4, 0.5) is 18.9 Å². The zero-order valence-corrected chi connectivity index (χ0v) is 19.8. The number of carbonyl (C=O) groups excluding carboxylic acids is 2. The molecule has 2 N–H and O–H groups in total. The van der Waals surface area contributed by atoms with Crippen molar-refractivity contribution in [1.82, 2.24) is 14.9 Å². The van der Waals surface area contributed by atoms with Crippen LogP contribution in [-0.2, 0) is 24.1 Å². The van der Waals surface area contributed by atoms with Gasteiger partial charge in [-0.3, -0.25) is 14.6 Å². The number of carbonyl (C=O) groups is 2. The monoisotopic (exact) mass is 494 g/mol. The van der Waals surface area contributed by atoms with Gasteiger partial charge in [0.2, 0.25) is 5.91 Å². The summed E-state index contributed by atoms with van der Waals surface area (Å²) in [5.41, 5.74) is 2.42. The minimum atomic E-state index is -4.42. The zero-order chi connectivity index (χ0) is 25.9. The van der Waals surface area contributed by atoms with Gasteiger partial charge >= 0.3 is 6.18 Å². The van der Waals surface area contributed by atoms with E-state index in [1.807, 2.05) is 0 Å². The molecule has 6 nitrogen and oxygen atoms in total. The van der Waals surface area contributed by atoms with Gasteiger partial charge in [0.05, 0.1) is 5.56 Å². The highest BCUT2D eigenvalue weighted by Gasteiger charge is 2.30. The van der Waals surface area contributed by atoms with Gasteiger partial charge in [-0.25, -0.2) is 0 Å². The van der Waals surface area contributed by atoms with Crippen molar-refractivity contribution in [1.29, 1.82) is 0 Å². The number of rotatable bonds is 7. The quantitative estimate of drug-likeness (QED) is 0.350. The van der Waals surface area contributed by atoms with Crippen molar-refractivity contribution in [2.24, 2.45) is 5.92 Å². The van der Waals surface area contributed by atoms with Crippen LogP contribution in [0.15, 0.2) is 73.1 Å². The predicted octanol–water partition coefficient (Wildman–Crippen LogP) is 5.63. The SMILES string of the molecule is CC(C)C(=O)Nc1ccc2c(c1)cc(C(=O)NCc1ccncc1)n2Cc1ccc(C(F)(F)F)cc1. The Bertz CT molecular complexity index is 1380. The number of pyridine rings is 1. The molecule has 0 radical (unpaired) electrons. The summed E-state index contributed by atoms with van der Waals surface area (Å²) in [5.74, 6) is -0.656. The summed E-state index contributed by atoms with van der Waals surface area (Å²) in [5, 5.41) is 6.45. The van der Waals surface area contributed by atoms with E-state index in [1.54, 1.807) is 67.2 Å². The number of alkyl halides is 3. The van der Waals surface area contributed by atoms with Gasteiger partial charge in [0.25, 0.3) is 5.91 Å². The average Bonchev–Trinajstić information content (AvgIpc) is 3.20. The van der Waals surface area contributed by atoms with E-state index in [0.29, 0.717) is 29.0 Å². The normalized spacial score (nSPS) is 11.6. The molecule has 0 aliphatic rings. The first kappa shape index (κ1) is 25.0. The first-order chi connectivity index (χ1) is 17.1. The number of hydrogen-bond acceptors (Lipinski definition) is 3. The van der Waals surface area contributed by atoms with Gasteiger partial charge in [-0.05, 0) is 59.7 Å². The van der Waals surface area contributed by atoms with Crippen LogP contribution in [0, 0.1) is 5.92 Å². The largest absolute Gasteiger partial charge is 0.416 e. The Morgan fingerprint density at radius 1 is 0.944 bits per heavy atom. The number of fused-ring (bicyclic) bond motifs is 1. The molecule has 36 heavy (non-hydrogen) atoms. The van der Waals surface area contributed by atoms with Crippen LogP contribution in [0.2, 0.25) is 0 Å². The molecule has 2 heterocycles. The molecule has 4 rings (SSSR count). The minimum absolute atomic E-state index is 0.131. The highest BCUT2D eigenvalue weighted by Crippen LogP contribution is 2.30. The van der Waals surface area contributed by atoms with E-state index in [-0.39, 0.29) is 24.3 Å². The van der Waals surface area contributed by atoms with Gasteiger partial charge in [0.1, 0.15) is 5.69 Å². The van der Waals surface area contributed by atoms with E-state index >= 15 is 0 Å². The summed E-state index contributed by atoms with van der Waals surface area (Å²) in [7, 11) is 0. The number of nitrogens with zero attached hydrogens (tertiary/aromatic N) is 2. The Labute approximate surface area is 206 Å². The molecule has 0 saturated heterocycles. The molecule has 0 unspecified atom stereocenters. The highest BCUT2D eigenvalue weighted by atomic mass is 19.4. The van der Waals surface area contributed by atoms with Crippen molar-refractivity contribution >= 4 is 28.4 Å². The maximum atomic E-state index is 13.2. The number of hydrogen-bond donors (Lipinski definition) is 2. The highest BCUT2D eigenvalue weighted by molar-refractivity contribution is 6.00. The third-order valence-electron chi connectivity index (χ3n) is 5.75. The van der Waals surface area contributed by atoms with E-state index in [1.165, 1.54) is 12.1 Å². The van der Waals surface area contributed by atoms with Crippen LogP contribution in [0.5, 0.6) is 0 Å². The number of aromatic nitrogens is 2. The summed E-state index contributed by atoms with van der Waals surface area (Å²) < 4.78 is 40.7. The van der Waals surface area contributed by atoms with Gasteiger partial charge in [0.15, 0.2) is 0 Å². The van der Waals surface area contributed by atoms with Gasteiger partial charge in [-0.1, -0.05) is 26.0 Å². The lowest BCUT2D eigenvalue weighted by Gasteiger charge is -2.13. The standard InChI is InChI=1S/C27H25F3N4O2/c1-17(2)25(35)33-22-7-8-23-20(13-22)14-24(26(36)32-15-18-9-11-31-12-10-18)34(23)16-19-3-5-21(6-4-19)27(28,29)30/h3-14,17H,15-16H2,1-2H3,(H,32,36)(H,33,35). The number of benzene rings is 2. The van der Waals surface area contributed by atoms with Crippen molar-refractivity contribution in [3.63, 3.8) is 0 Å². The third kappa shape index (κ3) is 5.73. The van der Waals surface area contributed by atoms with Crippen LogP contribution in [0.3, 0.4) is 0 Å². The van der Waals surface area contributed by atoms with Gasteiger partial charge in [-0.2, -0.15) is 13.2 Å².